The Balaban J connectivity index is 1.58. The maximum Gasteiger partial charge on any atom is 0.254 e. The molecule has 0 atom stereocenters. The van der Waals surface area contributed by atoms with Crippen LogP contribution in [0.15, 0.2) is 60.9 Å². The van der Waals surface area contributed by atoms with Gasteiger partial charge in [0.05, 0.1) is 5.56 Å². The Morgan fingerprint density at radius 2 is 1.52 bits per heavy atom. The van der Waals surface area contributed by atoms with Crippen molar-refractivity contribution >= 4 is 23.3 Å². The smallest absolute Gasteiger partial charge is 0.254 e. The van der Waals surface area contributed by atoms with Gasteiger partial charge in [0, 0.05) is 30.2 Å². The van der Waals surface area contributed by atoms with E-state index in [4.69, 9.17) is 0 Å². The number of amides is 1. The van der Waals surface area contributed by atoms with Crippen molar-refractivity contribution in [3.63, 3.8) is 0 Å². The molecule has 27 heavy (non-hydrogen) atoms. The molecule has 0 saturated carbocycles. The van der Waals surface area contributed by atoms with Crippen LogP contribution in [0.3, 0.4) is 0 Å². The Morgan fingerprint density at radius 3 is 2.11 bits per heavy atom. The molecule has 0 radical (unpaired) electrons. The van der Waals surface area contributed by atoms with Crippen molar-refractivity contribution in [1.29, 1.82) is 0 Å². The molecule has 2 N–H and O–H groups in total. The average Bonchev–Trinajstić information content (AvgIpc) is 2.68. The summed E-state index contributed by atoms with van der Waals surface area (Å²) in [5, 5.41) is 5.88. The summed E-state index contributed by atoms with van der Waals surface area (Å²) < 4.78 is 0. The number of nitrogens with one attached hydrogen (secondary N) is 2. The van der Waals surface area contributed by atoms with Crippen LogP contribution in [-0.4, -0.2) is 21.7 Å². The zero-order valence-corrected chi connectivity index (χ0v) is 15.2. The molecule has 0 bridgehead atoms. The standard InChI is InChI=1S/C21H20N4O2/c1-14-3-5-16(6-4-14)11-22-20(27)18-12-23-21(24-13-18)25-19-9-7-17(8-10-19)15(2)26/h3-10,12-13H,11H2,1-2H3,(H,22,27)(H,23,24,25). The fraction of sp³-hybridized carbons (Fsp3) is 0.143. The van der Waals surface area contributed by atoms with Gasteiger partial charge in [-0.1, -0.05) is 29.8 Å². The maximum absolute atomic E-state index is 12.2. The van der Waals surface area contributed by atoms with Crippen LogP contribution in [0, 0.1) is 6.92 Å². The number of carbonyl (C=O) groups excluding carboxylic acids is 2. The number of carbonyl (C=O) groups is 2. The zero-order chi connectivity index (χ0) is 19.2. The van der Waals surface area contributed by atoms with Crippen LogP contribution in [0.1, 0.15) is 38.8 Å². The van der Waals surface area contributed by atoms with Gasteiger partial charge in [0.2, 0.25) is 5.95 Å². The molecule has 1 heterocycles. The molecule has 0 aliphatic carbocycles. The molecule has 136 valence electrons. The van der Waals surface area contributed by atoms with E-state index in [1.54, 1.807) is 24.3 Å². The molecule has 2 aromatic carbocycles. The molecule has 1 aromatic heterocycles. The highest BCUT2D eigenvalue weighted by molar-refractivity contribution is 5.94. The highest BCUT2D eigenvalue weighted by atomic mass is 16.1. The van der Waals surface area contributed by atoms with E-state index >= 15 is 0 Å². The molecule has 6 heteroatoms. The van der Waals surface area contributed by atoms with Gasteiger partial charge in [-0.15, -0.1) is 0 Å². The fourth-order valence-electron chi connectivity index (χ4n) is 2.42. The molecule has 3 rings (SSSR count). The highest BCUT2D eigenvalue weighted by Crippen LogP contribution is 2.14. The molecule has 0 fully saturated rings. The fourth-order valence-corrected chi connectivity index (χ4v) is 2.42. The van der Waals surface area contributed by atoms with Crippen LogP contribution in [0.5, 0.6) is 0 Å². The number of aryl methyl sites for hydroxylation is 1. The van der Waals surface area contributed by atoms with E-state index in [9.17, 15) is 9.59 Å². The number of hydrogen-bond acceptors (Lipinski definition) is 5. The molecular weight excluding hydrogens is 340 g/mol. The minimum atomic E-state index is -0.229. The number of hydrogen-bond donors (Lipinski definition) is 2. The molecule has 6 nitrogen and oxygen atoms in total. The summed E-state index contributed by atoms with van der Waals surface area (Å²) in [5.41, 5.74) is 4.00. The van der Waals surface area contributed by atoms with E-state index in [0.717, 1.165) is 11.3 Å². The minimum Gasteiger partial charge on any atom is -0.348 e. The third-order valence-corrected chi connectivity index (χ3v) is 4.04. The van der Waals surface area contributed by atoms with Crippen molar-refractivity contribution in [3.05, 3.63) is 83.2 Å². The van der Waals surface area contributed by atoms with Gasteiger partial charge in [0.25, 0.3) is 5.91 Å². The summed E-state index contributed by atoms with van der Waals surface area (Å²) in [6.45, 7) is 3.99. The van der Waals surface area contributed by atoms with Gasteiger partial charge in [-0.2, -0.15) is 0 Å². The molecule has 1 amide bonds. The Labute approximate surface area is 157 Å². The first-order valence-electron chi connectivity index (χ1n) is 8.55. The van der Waals surface area contributed by atoms with Gasteiger partial charge in [0.1, 0.15) is 0 Å². The third-order valence-electron chi connectivity index (χ3n) is 4.04. The lowest BCUT2D eigenvalue weighted by Crippen LogP contribution is -2.23. The van der Waals surface area contributed by atoms with Crippen LogP contribution in [0.25, 0.3) is 0 Å². The number of nitrogens with zero attached hydrogens (tertiary/aromatic N) is 2. The van der Waals surface area contributed by atoms with E-state index in [2.05, 4.69) is 20.6 Å². The van der Waals surface area contributed by atoms with Crippen molar-refractivity contribution in [2.24, 2.45) is 0 Å². The SMILES string of the molecule is CC(=O)c1ccc(Nc2ncc(C(=O)NCc3ccc(C)cc3)cn2)cc1. The highest BCUT2D eigenvalue weighted by Gasteiger charge is 2.07. The second-order valence-corrected chi connectivity index (χ2v) is 6.22. The van der Waals surface area contributed by atoms with Crippen molar-refractivity contribution in [1.82, 2.24) is 15.3 Å². The van der Waals surface area contributed by atoms with Gasteiger partial charge in [-0.05, 0) is 43.7 Å². The summed E-state index contributed by atoms with van der Waals surface area (Å²) in [5.74, 6) is 0.160. The van der Waals surface area contributed by atoms with Crippen LogP contribution < -0.4 is 10.6 Å². The molecule has 0 spiro atoms. The topological polar surface area (TPSA) is 84.0 Å². The first-order chi connectivity index (χ1) is 13.0. The quantitative estimate of drug-likeness (QED) is 0.656. The van der Waals surface area contributed by atoms with Gasteiger partial charge in [0.15, 0.2) is 5.78 Å². The molecule has 0 aliphatic rings. The summed E-state index contributed by atoms with van der Waals surface area (Å²) >= 11 is 0. The van der Waals surface area contributed by atoms with Gasteiger partial charge < -0.3 is 10.6 Å². The van der Waals surface area contributed by atoms with E-state index in [1.165, 1.54) is 24.9 Å². The van der Waals surface area contributed by atoms with Crippen molar-refractivity contribution in [2.45, 2.75) is 20.4 Å². The lowest BCUT2D eigenvalue weighted by molar-refractivity contribution is 0.0949. The predicted molar refractivity (Wildman–Crippen MR) is 104 cm³/mol. The number of anilines is 2. The Morgan fingerprint density at radius 1 is 0.889 bits per heavy atom. The molecule has 0 saturated heterocycles. The molecule has 3 aromatic rings. The number of aromatic nitrogens is 2. The first kappa shape index (κ1) is 18.3. The summed E-state index contributed by atoms with van der Waals surface area (Å²) in [6, 6.07) is 15.0. The Hall–Kier alpha value is -3.54. The lowest BCUT2D eigenvalue weighted by Gasteiger charge is -2.07. The summed E-state index contributed by atoms with van der Waals surface area (Å²) in [7, 11) is 0. The number of rotatable bonds is 6. The van der Waals surface area contributed by atoms with Crippen molar-refractivity contribution in [2.75, 3.05) is 5.32 Å². The average molecular weight is 360 g/mol. The maximum atomic E-state index is 12.2. The molecule has 0 unspecified atom stereocenters. The predicted octanol–water partition coefficient (Wildman–Crippen LogP) is 3.66. The third kappa shape index (κ3) is 4.98. The second-order valence-electron chi connectivity index (χ2n) is 6.22. The van der Waals surface area contributed by atoms with Crippen LogP contribution in [-0.2, 0) is 6.54 Å². The van der Waals surface area contributed by atoms with Crippen molar-refractivity contribution < 1.29 is 9.59 Å². The molecule has 0 aliphatic heterocycles. The zero-order valence-electron chi connectivity index (χ0n) is 15.2. The van der Waals surface area contributed by atoms with Crippen molar-refractivity contribution in [3.8, 4) is 0 Å². The van der Waals surface area contributed by atoms with E-state index in [-0.39, 0.29) is 11.7 Å². The number of ketones is 1. The monoisotopic (exact) mass is 360 g/mol. The van der Waals surface area contributed by atoms with Gasteiger partial charge >= 0.3 is 0 Å². The van der Waals surface area contributed by atoms with Crippen LogP contribution >= 0.6 is 0 Å². The van der Waals surface area contributed by atoms with E-state index in [0.29, 0.717) is 23.6 Å². The lowest BCUT2D eigenvalue weighted by atomic mass is 10.1. The Kier molecular flexibility index (Phi) is 5.56. The molecular formula is C21H20N4O2. The van der Waals surface area contributed by atoms with Crippen LogP contribution in [0.2, 0.25) is 0 Å². The van der Waals surface area contributed by atoms with Gasteiger partial charge in [-0.3, -0.25) is 9.59 Å². The largest absolute Gasteiger partial charge is 0.348 e. The first-order valence-corrected chi connectivity index (χ1v) is 8.55. The summed E-state index contributed by atoms with van der Waals surface area (Å²) in [6.07, 6.45) is 2.95. The van der Waals surface area contributed by atoms with Crippen LogP contribution in [0.4, 0.5) is 11.6 Å². The number of Topliss-reactive ketones (excluding diaryl/α,β-unsaturated/α-hetero) is 1. The minimum absolute atomic E-state index is 0.0128. The summed E-state index contributed by atoms with van der Waals surface area (Å²) in [4.78, 5) is 31.8. The van der Waals surface area contributed by atoms with E-state index in [1.807, 2.05) is 31.2 Å². The normalized spacial score (nSPS) is 10.3. The second kappa shape index (κ2) is 8.23. The van der Waals surface area contributed by atoms with E-state index < -0.39 is 0 Å². The number of benzene rings is 2. The Bertz CT molecular complexity index is 933. The van der Waals surface area contributed by atoms with Gasteiger partial charge in [-0.25, -0.2) is 9.97 Å².